The lowest BCUT2D eigenvalue weighted by Gasteiger charge is -2.12. The van der Waals surface area contributed by atoms with E-state index < -0.39 is 0 Å². The van der Waals surface area contributed by atoms with Gasteiger partial charge in [0.25, 0.3) is 0 Å². The van der Waals surface area contributed by atoms with Gasteiger partial charge in [-0.1, -0.05) is 12.8 Å². The van der Waals surface area contributed by atoms with Crippen molar-refractivity contribution in [3.8, 4) is 0 Å². The summed E-state index contributed by atoms with van der Waals surface area (Å²) in [5.41, 5.74) is 0. The average molecular weight is 263 g/mol. The average Bonchev–Trinajstić information content (AvgIpc) is 2.95. The second-order valence-corrected chi connectivity index (χ2v) is 5.20. The molecule has 1 aromatic rings. The fourth-order valence-electron chi connectivity index (χ4n) is 2.50. The van der Waals surface area contributed by atoms with E-state index in [1.165, 1.54) is 25.7 Å². The van der Waals surface area contributed by atoms with Crippen molar-refractivity contribution in [3.63, 3.8) is 0 Å². The predicted molar refractivity (Wildman–Crippen MR) is 79.5 cm³/mol. The second-order valence-electron chi connectivity index (χ2n) is 5.20. The standard InChI is InChI=1S/C14H25N5/c1-15-7-4-8-16-13-9-14(19-11-18-13)17-10-12-5-2-3-6-12/h9,11-12,15H,2-8,10H2,1H3,(H2,16,17,18,19). The van der Waals surface area contributed by atoms with Crippen LogP contribution in [0.1, 0.15) is 32.1 Å². The first-order chi connectivity index (χ1) is 9.38. The summed E-state index contributed by atoms with van der Waals surface area (Å²) in [5.74, 6) is 2.65. The van der Waals surface area contributed by atoms with Gasteiger partial charge in [0.2, 0.25) is 0 Å². The molecule has 106 valence electrons. The van der Waals surface area contributed by atoms with Crippen LogP contribution >= 0.6 is 0 Å². The third kappa shape index (κ3) is 5.03. The Morgan fingerprint density at radius 1 is 1.11 bits per heavy atom. The molecule has 5 nitrogen and oxygen atoms in total. The largest absolute Gasteiger partial charge is 0.370 e. The number of rotatable bonds is 8. The van der Waals surface area contributed by atoms with Crippen molar-refractivity contribution in [1.82, 2.24) is 15.3 Å². The molecule has 0 bridgehead atoms. The second kappa shape index (κ2) is 7.94. The Hall–Kier alpha value is -1.36. The first-order valence-electron chi connectivity index (χ1n) is 7.33. The molecule has 0 spiro atoms. The first-order valence-corrected chi connectivity index (χ1v) is 7.33. The zero-order valence-electron chi connectivity index (χ0n) is 11.8. The van der Waals surface area contributed by atoms with Gasteiger partial charge < -0.3 is 16.0 Å². The molecule has 0 unspecified atom stereocenters. The summed E-state index contributed by atoms with van der Waals surface area (Å²) in [7, 11) is 1.97. The fourth-order valence-corrected chi connectivity index (χ4v) is 2.50. The Kier molecular flexibility index (Phi) is 5.88. The normalized spacial score (nSPS) is 15.6. The molecule has 0 radical (unpaired) electrons. The van der Waals surface area contributed by atoms with Crippen LogP contribution in [0.3, 0.4) is 0 Å². The van der Waals surface area contributed by atoms with E-state index in [-0.39, 0.29) is 0 Å². The molecule has 1 aliphatic rings. The molecule has 0 aliphatic heterocycles. The molecule has 2 rings (SSSR count). The summed E-state index contributed by atoms with van der Waals surface area (Å²) in [5, 5.41) is 9.87. The van der Waals surface area contributed by atoms with Crippen molar-refractivity contribution >= 4 is 11.6 Å². The maximum absolute atomic E-state index is 4.27. The monoisotopic (exact) mass is 263 g/mol. The molecule has 1 saturated carbocycles. The highest BCUT2D eigenvalue weighted by Crippen LogP contribution is 2.24. The Labute approximate surface area is 115 Å². The highest BCUT2D eigenvalue weighted by molar-refractivity contribution is 5.46. The van der Waals surface area contributed by atoms with Gasteiger partial charge in [-0.15, -0.1) is 0 Å². The molecule has 0 amide bonds. The molecule has 3 N–H and O–H groups in total. The molecule has 19 heavy (non-hydrogen) atoms. The predicted octanol–water partition coefficient (Wildman–Crippen LogP) is 2.10. The summed E-state index contributed by atoms with van der Waals surface area (Å²) < 4.78 is 0. The summed E-state index contributed by atoms with van der Waals surface area (Å²) in [6.07, 6.45) is 8.19. The minimum absolute atomic E-state index is 0.821. The van der Waals surface area contributed by atoms with Crippen molar-refractivity contribution in [2.45, 2.75) is 32.1 Å². The molecular formula is C14H25N5. The fraction of sp³-hybridized carbons (Fsp3) is 0.714. The van der Waals surface area contributed by atoms with Gasteiger partial charge in [0, 0.05) is 19.2 Å². The Morgan fingerprint density at radius 3 is 2.58 bits per heavy atom. The van der Waals surface area contributed by atoms with Crippen LogP contribution in [0.15, 0.2) is 12.4 Å². The molecule has 1 fully saturated rings. The maximum atomic E-state index is 4.27. The van der Waals surface area contributed by atoms with E-state index in [9.17, 15) is 0 Å². The zero-order chi connectivity index (χ0) is 13.3. The van der Waals surface area contributed by atoms with Crippen LogP contribution in [-0.2, 0) is 0 Å². The van der Waals surface area contributed by atoms with Crippen LogP contribution in [-0.4, -0.2) is 36.6 Å². The molecule has 5 heteroatoms. The van der Waals surface area contributed by atoms with Gasteiger partial charge in [-0.3, -0.25) is 0 Å². The van der Waals surface area contributed by atoms with E-state index in [1.807, 2.05) is 13.1 Å². The highest BCUT2D eigenvalue weighted by Gasteiger charge is 2.14. The number of aromatic nitrogens is 2. The Morgan fingerprint density at radius 2 is 1.84 bits per heavy atom. The van der Waals surface area contributed by atoms with E-state index >= 15 is 0 Å². The molecule has 0 aromatic carbocycles. The van der Waals surface area contributed by atoms with E-state index in [0.717, 1.165) is 43.6 Å². The minimum Gasteiger partial charge on any atom is -0.370 e. The minimum atomic E-state index is 0.821. The zero-order valence-corrected chi connectivity index (χ0v) is 11.8. The molecule has 1 aromatic heterocycles. The smallest absolute Gasteiger partial charge is 0.131 e. The topological polar surface area (TPSA) is 61.9 Å². The summed E-state index contributed by atoms with van der Waals surface area (Å²) >= 11 is 0. The molecule has 1 aliphatic carbocycles. The SMILES string of the molecule is CNCCCNc1cc(NCC2CCCC2)ncn1. The van der Waals surface area contributed by atoms with Crippen molar-refractivity contribution in [1.29, 1.82) is 0 Å². The quantitative estimate of drug-likeness (QED) is 0.627. The number of nitrogens with one attached hydrogen (secondary N) is 3. The Bertz CT molecular complexity index is 363. The van der Waals surface area contributed by atoms with Crippen molar-refractivity contribution < 1.29 is 0 Å². The van der Waals surface area contributed by atoms with Crippen LogP contribution in [0.25, 0.3) is 0 Å². The number of nitrogens with zero attached hydrogens (tertiary/aromatic N) is 2. The van der Waals surface area contributed by atoms with Gasteiger partial charge in [-0.2, -0.15) is 0 Å². The maximum Gasteiger partial charge on any atom is 0.131 e. The lowest BCUT2D eigenvalue weighted by Crippen LogP contribution is -2.14. The van der Waals surface area contributed by atoms with Crippen LogP contribution < -0.4 is 16.0 Å². The summed E-state index contributed by atoms with van der Waals surface area (Å²) in [6, 6.07) is 1.99. The molecule has 0 atom stereocenters. The van der Waals surface area contributed by atoms with Gasteiger partial charge in [0.15, 0.2) is 0 Å². The Balaban J connectivity index is 1.74. The van der Waals surface area contributed by atoms with Crippen molar-refractivity contribution in [3.05, 3.63) is 12.4 Å². The molecular weight excluding hydrogens is 238 g/mol. The third-order valence-corrected chi connectivity index (χ3v) is 3.62. The lowest BCUT2D eigenvalue weighted by atomic mass is 10.1. The van der Waals surface area contributed by atoms with Crippen LogP contribution in [0.5, 0.6) is 0 Å². The van der Waals surface area contributed by atoms with E-state index in [1.54, 1.807) is 6.33 Å². The van der Waals surface area contributed by atoms with Crippen LogP contribution in [0.2, 0.25) is 0 Å². The molecule has 0 saturated heterocycles. The summed E-state index contributed by atoms with van der Waals surface area (Å²) in [6.45, 7) is 2.99. The van der Waals surface area contributed by atoms with Crippen LogP contribution in [0, 0.1) is 5.92 Å². The molecule has 1 heterocycles. The van der Waals surface area contributed by atoms with E-state index in [2.05, 4.69) is 25.9 Å². The number of hydrogen-bond donors (Lipinski definition) is 3. The van der Waals surface area contributed by atoms with Crippen molar-refractivity contribution in [2.75, 3.05) is 37.3 Å². The van der Waals surface area contributed by atoms with Crippen molar-refractivity contribution in [2.24, 2.45) is 5.92 Å². The van der Waals surface area contributed by atoms with Gasteiger partial charge in [-0.25, -0.2) is 9.97 Å². The van der Waals surface area contributed by atoms with Gasteiger partial charge in [-0.05, 0) is 38.8 Å². The van der Waals surface area contributed by atoms with E-state index in [0.29, 0.717) is 0 Å². The number of anilines is 2. The lowest BCUT2D eigenvalue weighted by molar-refractivity contribution is 0.579. The van der Waals surface area contributed by atoms with Crippen LogP contribution in [0.4, 0.5) is 11.6 Å². The first kappa shape index (κ1) is 14.1. The van der Waals surface area contributed by atoms with Gasteiger partial charge in [0.05, 0.1) is 0 Å². The summed E-state index contributed by atoms with van der Waals surface area (Å²) in [4.78, 5) is 8.50. The van der Waals surface area contributed by atoms with Gasteiger partial charge in [0.1, 0.15) is 18.0 Å². The van der Waals surface area contributed by atoms with Gasteiger partial charge >= 0.3 is 0 Å². The van der Waals surface area contributed by atoms with E-state index in [4.69, 9.17) is 0 Å². The number of hydrogen-bond acceptors (Lipinski definition) is 5. The third-order valence-electron chi connectivity index (χ3n) is 3.62. The highest BCUT2D eigenvalue weighted by atomic mass is 15.1.